The van der Waals surface area contributed by atoms with Crippen LogP contribution in [0.1, 0.15) is 40.9 Å². The third-order valence-electron chi connectivity index (χ3n) is 5.84. The summed E-state index contributed by atoms with van der Waals surface area (Å²) in [5.74, 6) is 1.38. The number of piperidine rings is 1. The van der Waals surface area contributed by atoms with Crippen molar-refractivity contribution in [3.8, 4) is 28.4 Å². The van der Waals surface area contributed by atoms with Gasteiger partial charge in [0.05, 0.1) is 25.6 Å². The molecule has 0 unspecified atom stereocenters. The zero-order chi connectivity index (χ0) is 22.0. The fourth-order valence-corrected chi connectivity index (χ4v) is 4.16. The third-order valence-corrected chi connectivity index (χ3v) is 5.84. The molecule has 4 rings (SSSR count). The molecule has 1 aliphatic rings. The number of carbonyl (C=O) groups is 1. The maximum Gasteiger partial charge on any atom is 0.272 e. The third kappa shape index (κ3) is 4.15. The molecule has 0 radical (unpaired) electrons. The Balaban J connectivity index is 1.85. The summed E-state index contributed by atoms with van der Waals surface area (Å²) in [6.45, 7) is 5.69. The molecular formula is C25H29N3O3. The number of hydrogen-bond acceptors (Lipinski definition) is 4. The number of methoxy groups -OCH3 is 2. The molecule has 0 spiro atoms. The van der Waals surface area contributed by atoms with Crippen LogP contribution in [0, 0.1) is 13.8 Å². The highest BCUT2D eigenvalue weighted by Crippen LogP contribution is 2.34. The smallest absolute Gasteiger partial charge is 0.272 e. The molecule has 3 aromatic rings. The Labute approximate surface area is 183 Å². The second-order valence-corrected chi connectivity index (χ2v) is 8.04. The molecule has 2 aromatic carbocycles. The van der Waals surface area contributed by atoms with Crippen molar-refractivity contribution in [1.82, 2.24) is 14.7 Å². The van der Waals surface area contributed by atoms with Crippen LogP contribution in [-0.2, 0) is 0 Å². The van der Waals surface area contributed by atoms with E-state index in [1.807, 2.05) is 48.2 Å². The molecule has 0 N–H and O–H groups in total. The summed E-state index contributed by atoms with van der Waals surface area (Å²) in [5, 5.41) is 4.87. The number of benzene rings is 2. The van der Waals surface area contributed by atoms with Gasteiger partial charge in [-0.15, -0.1) is 0 Å². The molecule has 2 heterocycles. The minimum atomic E-state index is 0.0194. The number of aryl methyl sites for hydroxylation is 2. The van der Waals surface area contributed by atoms with Gasteiger partial charge >= 0.3 is 0 Å². The second-order valence-electron chi connectivity index (χ2n) is 8.04. The van der Waals surface area contributed by atoms with E-state index in [4.69, 9.17) is 14.6 Å². The van der Waals surface area contributed by atoms with E-state index in [-0.39, 0.29) is 5.91 Å². The quantitative estimate of drug-likeness (QED) is 0.596. The Morgan fingerprint density at radius 3 is 2.39 bits per heavy atom. The monoisotopic (exact) mass is 419 g/mol. The minimum Gasteiger partial charge on any atom is -0.497 e. The Bertz CT molecular complexity index is 1100. The van der Waals surface area contributed by atoms with Crippen LogP contribution in [0.2, 0.25) is 0 Å². The molecule has 1 aromatic heterocycles. The van der Waals surface area contributed by atoms with Crippen LogP contribution in [0.5, 0.6) is 11.5 Å². The average molecular weight is 420 g/mol. The minimum absolute atomic E-state index is 0.0194. The van der Waals surface area contributed by atoms with Gasteiger partial charge in [-0.25, -0.2) is 4.68 Å². The number of aromatic nitrogens is 2. The van der Waals surface area contributed by atoms with Crippen LogP contribution in [0.25, 0.3) is 16.9 Å². The molecule has 1 saturated heterocycles. The van der Waals surface area contributed by atoms with Gasteiger partial charge in [-0.3, -0.25) is 4.79 Å². The first-order valence-electron chi connectivity index (χ1n) is 10.7. The van der Waals surface area contributed by atoms with Crippen molar-refractivity contribution in [3.63, 3.8) is 0 Å². The summed E-state index contributed by atoms with van der Waals surface area (Å²) in [4.78, 5) is 15.4. The SMILES string of the molecule is COc1ccc(-c2cc(C(=O)N3CCCCC3)n(-c3ccc(C)cc3C)n2)c(OC)c1. The number of nitrogens with zero attached hydrogens (tertiary/aromatic N) is 3. The van der Waals surface area contributed by atoms with E-state index in [2.05, 4.69) is 13.0 Å². The molecule has 0 atom stereocenters. The van der Waals surface area contributed by atoms with E-state index >= 15 is 0 Å². The summed E-state index contributed by atoms with van der Waals surface area (Å²) >= 11 is 0. The van der Waals surface area contributed by atoms with Gasteiger partial charge in [0.2, 0.25) is 0 Å². The number of ether oxygens (including phenoxy) is 2. The summed E-state index contributed by atoms with van der Waals surface area (Å²) < 4.78 is 12.7. The van der Waals surface area contributed by atoms with Crippen LogP contribution in [0.3, 0.4) is 0 Å². The Morgan fingerprint density at radius 2 is 1.71 bits per heavy atom. The highest BCUT2D eigenvalue weighted by molar-refractivity contribution is 5.94. The fraction of sp³-hybridized carbons (Fsp3) is 0.360. The van der Waals surface area contributed by atoms with E-state index in [0.717, 1.165) is 42.7 Å². The lowest BCUT2D eigenvalue weighted by atomic mass is 10.1. The van der Waals surface area contributed by atoms with Gasteiger partial charge in [0.15, 0.2) is 0 Å². The Hall–Kier alpha value is -3.28. The standard InChI is InChI=1S/C25H29N3O3/c1-17-8-11-22(18(2)14-17)28-23(25(29)27-12-6-5-7-13-27)16-21(26-28)20-10-9-19(30-3)15-24(20)31-4/h8-11,14-16H,5-7,12-13H2,1-4H3. The predicted octanol–water partition coefficient (Wildman–Crippen LogP) is 4.80. The van der Waals surface area contributed by atoms with Gasteiger partial charge in [-0.1, -0.05) is 17.7 Å². The molecule has 6 heteroatoms. The molecule has 6 nitrogen and oxygen atoms in total. The predicted molar refractivity (Wildman–Crippen MR) is 121 cm³/mol. The molecule has 1 amide bonds. The summed E-state index contributed by atoms with van der Waals surface area (Å²) in [7, 11) is 3.25. The van der Waals surface area contributed by atoms with Gasteiger partial charge in [0, 0.05) is 24.7 Å². The van der Waals surface area contributed by atoms with E-state index in [1.54, 1.807) is 18.9 Å². The Morgan fingerprint density at radius 1 is 0.935 bits per heavy atom. The number of carbonyl (C=O) groups excluding carboxylic acids is 1. The molecule has 162 valence electrons. The summed E-state index contributed by atoms with van der Waals surface area (Å²) in [5.41, 5.74) is 5.24. The van der Waals surface area contributed by atoms with Crippen LogP contribution in [0.4, 0.5) is 0 Å². The Kier molecular flexibility index (Phi) is 5.98. The lowest BCUT2D eigenvalue weighted by molar-refractivity contribution is 0.0715. The van der Waals surface area contributed by atoms with E-state index in [1.165, 1.54) is 12.0 Å². The fourth-order valence-electron chi connectivity index (χ4n) is 4.16. The molecular weight excluding hydrogens is 390 g/mol. The van der Waals surface area contributed by atoms with Crippen LogP contribution in [-0.4, -0.2) is 47.9 Å². The van der Waals surface area contributed by atoms with Crippen molar-refractivity contribution in [2.24, 2.45) is 0 Å². The van der Waals surface area contributed by atoms with Gasteiger partial charge < -0.3 is 14.4 Å². The number of likely N-dealkylation sites (tertiary alicyclic amines) is 1. The lowest BCUT2D eigenvalue weighted by Gasteiger charge is -2.26. The van der Waals surface area contributed by atoms with E-state index < -0.39 is 0 Å². The van der Waals surface area contributed by atoms with Gasteiger partial charge in [0.1, 0.15) is 17.2 Å². The molecule has 0 bridgehead atoms. The van der Waals surface area contributed by atoms with Crippen LogP contribution < -0.4 is 9.47 Å². The van der Waals surface area contributed by atoms with Crippen LogP contribution in [0.15, 0.2) is 42.5 Å². The van der Waals surface area contributed by atoms with Gasteiger partial charge in [0.25, 0.3) is 5.91 Å². The number of hydrogen-bond donors (Lipinski definition) is 0. The molecule has 1 fully saturated rings. The first-order chi connectivity index (χ1) is 15.0. The van der Waals surface area contributed by atoms with Crippen molar-refractivity contribution >= 4 is 5.91 Å². The second kappa shape index (κ2) is 8.84. The van der Waals surface area contributed by atoms with Crippen molar-refractivity contribution in [2.45, 2.75) is 33.1 Å². The van der Waals surface area contributed by atoms with Crippen molar-refractivity contribution < 1.29 is 14.3 Å². The van der Waals surface area contributed by atoms with Gasteiger partial charge in [-0.05, 0) is 62.9 Å². The maximum atomic E-state index is 13.5. The van der Waals surface area contributed by atoms with Crippen molar-refractivity contribution in [3.05, 3.63) is 59.3 Å². The largest absolute Gasteiger partial charge is 0.497 e. The number of amides is 1. The summed E-state index contributed by atoms with van der Waals surface area (Å²) in [6, 6.07) is 13.7. The molecule has 31 heavy (non-hydrogen) atoms. The first-order valence-corrected chi connectivity index (χ1v) is 10.7. The van der Waals surface area contributed by atoms with Crippen LogP contribution >= 0.6 is 0 Å². The van der Waals surface area contributed by atoms with Crippen molar-refractivity contribution in [1.29, 1.82) is 0 Å². The topological polar surface area (TPSA) is 56.6 Å². The van der Waals surface area contributed by atoms with E-state index in [9.17, 15) is 4.79 Å². The summed E-state index contributed by atoms with van der Waals surface area (Å²) in [6.07, 6.45) is 3.26. The zero-order valence-corrected chi connectivity index (χ0v) is 18.6. The first kappa shape index (κ1) is 21.0. The van der Waals surface area contributed by atoms with Gasteiger partial charge in [-0.2, -0.15) is 5.10 Å². The highest BCUT2D eigenvalue weighted by Gasteiger charge is 2.25. The zero-order valence-electron chi connectivity index (χ0n) is 18.6. The normalized spacial score (nSPS) is 13.9. The molecule has 1 aliphatic heterocycles. The van der Waals surface area contributed by atoms with E-state index in [0.29, 0.717) is 22.9 Å². The molecule has 0 aliphatic carbocycles. The maximum absolute atomic E-state index is 13.5. The highest BCUT2D eigenvalue weighted by atomic mass is 16.5. The lowest BCUT2D eigenvalue weighted by Crippen LogP contribution is -2.36. The van der Waals surface area contributed by atoms with Crippen molar-refractivity contribution in [2.75, 3.05) is 27.3 Å². The number of rotatable bonds is 5. The molecule has 0 saturated carbocycles. The average Bonchev–Trinajstić information content (AvgIpc) is 3.23.